The molecule has 0 saturated heterocycles. The Morgan fingerprint density at radius 3 is 2.24 bits per heavy atom. The van der Waals surface area contributed by atoms with Crippen LogP contribution < -0.4 is 14.4 Å². The molecule has 1 N–H and O–H groups in total. The van der Waals surface area contributed by atoms with Crippen LogP contribution in [0.2, 0.25) is 5.02 Å². The Labute approximate surface area is 248 Å². The van der Waals surface area contributed by atoms with Crippen molar-refractivity contribution in [2.24, 2.45) is 0 Å². The molecule has 0 bridgehead atoms. The zero-order valence-electron chi connectivity index (χ0n) is 24.3. The highest BCUT2D eigenvalue weighted by molar-refractivity contribution is 7.92. The molecule has 0 fully saturated rings. The number of hydrogen-bond acceptors (Lipinski definition) is 5. The molecule has 0 heterocycles. The number of aryl methyl sites for hydroxylation is 2. The number of ether oxygens (including phenoxy) is 1. The minimum Gasteiger partial charge on any atom is -0.497 e. The first-order valence-corrected chi connectivity index (χ1v) is 15.3. The maximum absolute atomic E-state index is 14.1. The molecule has 0 aromatic heterocycles. The third kappa shape index (κ3) is 8.01. The van der Waals surface area contributed by atoms with Gasteiger partial charge in [0, 0.05) is 17.6 Å². The van der Waals surface area contributed by atoms with Crippen molar-refractivity contribution in [3.63, 3.8) is 0 Å². The largest absolute Gasteiger partial charge is 0.497 e. The molecule has 10 heteroatoms. The SMILES string of the molecule is CC[C@@H](C(=O)NC(C)C)N(Cc1cccc(OC)c1)C(=O)CN(c1ccc(C)c(C)c1)S(=O)(=O)c1ccc(Cl)cc1. The zero-order chi connectivity index (χ0) is 30.3. The van der Waals surface area contributed by atoms with Gasteiger partial charge in [-0.3, -0.25) is 13.9 Å². The van der Waals surface area contributed by atoms with Crippen LogP contribution in [0.3, 0.4) is 0 Å². The van der Waals surface area contributed by atoms with Crippen molar-refractivity contribution in [1.82, 2.24) is 10.2 Å². The Balaban J connectivity index is 2.10. The Hall–Kier alpha value is -3.56. The summed E-state index contributed by atoms with van der Waals surface area (Å²) >= 11 is 6.02. The van der Waals surface area contributed by atoms with Gasteiger partial charge in [0.15, 0.2) is 0 Å². The van der Waals surface area contributed by atoms with E-state index in [0.29, 0.717) is 22.9 Å². The summed E-state index contributed by atoms with van der Waals surface area (Å²) in [4.78, 5) is 28.8. The number of carbonyl (C=O) groups is 2. The lowest BCUT2D eigenvalue weighted by Crippen LogP contribution is -2.53. The molecule has 2 amide bonds. The predicted octanol–water partition coefficient (Wildman–Crippen LogP) is 5.49. The highest BCUT2D eigenvalue weighted by atomic mass is 35.5. The van der Waals surface area contributed by atoms with Crippen molar-refractivity contribution in [3.8, 4) is 5.75 Å². The Kier molecular flexibility index (Phi) is 10.8. The van der Waals surface area contributed by atoms with Crippen molar-refractivity contribution < 1.29 is 22.7 Å². The highest BCUT2D eigenvalue weighted by Gasteiger charge is 2.34. The molecule has 3 rings (SSSR count). The van der Waals surface area contributed by atoms with E-state index in [4.69, 9.17) is 16.3 Å². The average molecular weight is 600 g/mol. The van der Waals surface area contributed by atoms with Gasteiger partial charge >= 0.3 is 0 Å². The van der Waals surface area contributed by atoms with E-state index >= 15 is 0 Å². The fourth-order valence-corrected chi connectivity index (χ4v) is 5.94. The molecule has 3 aromatic carbocycles. The molecule has 0 saturated carbocycles. The maximum atomic E-state index is 14.1. The number of methoxy groups -OCH3 is 1. The van der Waals surface area contributed by atoms with Crippen LogP contribution in [0.1, 0.15) is 43.9 Å². The molecule has 0 aliphatic rings. The smallest absolute Gasteiger partial charge is 0.264 e. The molecule has 0 unspecified atom stereocenters. The number of halogens is 1. The first-order chi connectivity index (χ1) is 19.4. The summed E-state index contributed by atoms with van der Waals surface area (Å²) in [5.74, 6) is -0.219. The van der Waals surface area contributed by atoms with Crippen LogP contribution in [0.15, 0.2) is 71.6 Å². The van der Waals surface area contributed by atoms with Gasteiger partial charge in [-0.2, -0.15) is 0 Å². The maximum Gasteiger partial charge on any atom is 0.264 e. The minimum atomic E-state index is -4.18. The van der Waals surface area contributed by atoms with Crippen molar-refractivity contribution in [3.05, 3.63) is 88.4 Å². The van der Waals surface area contributed by atoms with Crippen molar-refractivity contribution in [1.29, 1.82) is 0 Å². The van der Waals surface area contributed by atoms with Gasteiger partial charge in [0.25, 0.3) is 10.0 Å². The number of nitrogens with zero attached hydrogens (tertiary/aromatic N) is 2. The number of anilines is 1. The summed E-state index contributed by atoms with van der Waals surface area (Å²) in [6.45, 7) is 8.90. The molecule has 1 atom stereocenters. The third-order valence-electron chi connectivity index (χ3n) is 6.76. The highest BCUT2D eigenvalue weighted by Crippen LogP contribution is 2.27. The predicted molar refractivity (Wildman–Crippen MR) is 163 cm³/mol. The number of benzene rings is 3. The summed E-state index contributed by atoms with van der Waals surface area (Å²) in [7, 11) is -2.63. The van der Waals surface area contributed by atoms with Crippen LogP contribution in [0.25, 0.3) is 0 Å². The monoisotopic (exact) mass is 599 g/mol. The fraction of sp³-hybridized carbons (Fsp3) is 0.355. The standard InChI is InChI=1S/C31H38ClN3O5S/c1-7-29(31(37)33-21(2)3)34(19-24-9-8-10-27(18-24)40-6)30(36)20-35(26-14-11-22(4)23(5)17-26)41(38,39)28-15-12-25(32)13-16-28/h8-18,21,29H,7,19-20H2,1-6H3,(H,33,37)/t29-/m0/s1. The lowest BCUT2D eigenvalue weighted by atomic mass is 10.1. The first-order valence-electron chi connectivity index (χ1n) is 13.5. The van der Waals surface area contributed by atoms with E-state index in [2.05, 4.69) is 5.32 Å². The van der Waals surface area contributed by atoms with E-state index < -0.39 is 28.5 Å². The summed E-state index contributed by atoms with van der Waals surface area (Å²) in [6.07, 6.45) is 0.335. The van der Waals surface area contributed by atoms with Crippen LogP contribution in [0.5, 0.6) is 5.75 Å². The number of amides is 2. The Bertz CT molecular complexity index is 1480. The van der Waals surface area contributed by atoms with Crippen LogP contribution in [-0.2, 0) is 26.2 Å². The van der Waals surface area contributed by atoms with E-state index in [0.717, 1.165) is 21.0 Å². The summed E-state index contributed by atoms with van der Waals surface area (Å²) in [6, 6.07) is 17.3. The molecule has 3 aromatic rings. The van der Waals surface area contributed by atoms with E-state index in [9.17, 15) is 18.0 Å². The molecule has 0 radical (unpaired) electrons. The van der Waals surface area contributed by atoms with E-state index in [1.807, 2.05) is 46.8 Å². The number of sulfonamides is 1. The third-order valence-corrected chi connectivity index (χ3v) is 8.80. The van der Waals surface area contributed by atoms with Gasteiger partial charge in [-0.15, -0.1) is 0 Å². The minimum absolute atomic E-state index is 0.00290. The van der Waals surface area contributed by atoms with Gasteiger partial charge in [0.1, 0.15) is 18.3 Å². The number of rotatable bonds is 12. The quantitative estimate of drug-likeness (QED) is 0.297. The summed E-state index contributed by atoms with van der Waals surface area (Å²) in [5, 5.41) is 3.29. The van der Waals surface area contributed by atoms with Crippen LogP contribution in [0, 0.1) is 13.8 Å². The van der Waals surface area contributed by atoms with Gasteiger partial charge in [-0.05, 0) is 99.3 Å². The van der Waals surface area contributed by atoms with Gasteiger partial charge in [0.05, 0.1) is 17.7 Å². The molecular formula is C31H38ClN3O5S. The molecule has 41 heavy (non-hydrogen) atoms. The second-order valence-electron chi connectivity index (χ2n) is 10.2. The number of carbonyl (C=O) groups excluding carboxylic acids is 2. The number of hydrogen-bond donors (Lipinski definition) is 1. The van der Waals surface area contributed by atoms with E-state index in [-0.39, 0.29) is 23.4 Å². The molecule has 0 spiro atoms. The summed E-state index contributed by atoms with van der Waals surface area (Å²) < 4.78 is 34.4. The van der Waals surface area contributed by atoms with E-state index in [1.165, 1.54) is 29.2 Å². The van der Waals surface area contributed by atoms with Crippen molar-refractivity contribution in [2.75, 3.05) is 18.0 Å². The van der Waals surface area contributed by atoms with Crippen LogP contribution in [0.4, 0.5) is 5.69 Å². The number of nitrogens with one attached hydrogen (secondary N) is 1. The van der Waals surface area contributed by atoms with Gasteiger partial charge in [-0.1, -0.05) is 36.7 Å². The topological polar surface area (TPSA) is 96.0 Å². The van der Waals surface area contributed by atoms with Crippen molar-refractivity contribution in [2.45, 2.75) is 64.6 Å². The Morgan fingerprint density at radius 2 is 1.66 bits per heavy atom. The van der Waals surface area contributed by atoms with Gasteiger partial charge in [-0.25, -0.2) is 8.42 Å². The normalized spacial score (nSPS) is 12.1. The molecule has 0 aliphatic carbocycles. The molecule has 0 aliphatic heterocycles. The molecule has 8 nitrogen and oxygen atoms in total. The fourth-order valence-electron chi connectivity index (χ4n) is 4.41. The van der Waals surface area contributed by atoms with Crippen LogP contribution in [-0.4, -0.2) is 50.9 Å². The van der Waals surface area contributed by atoms with E-state index in [1.54, 1.807) is 37.4 Å². The molecular weight excluding hydrogens is 562 g/mol. The lowest BCUT2D eigenvalue weighted by molar-refractivity contribution is -0.140. The average Bonchev–Trinajstić information content (AvgIpc) is 2.93. The van der Waals surface area contributed by atoms with Gasteiger partial charge in [0.2, 0.25) is 11.8 Å². The second-order valence-corrected chi connectivity index (χ2v) is 12.5. The zero-order valence-corrected chi connectivity index (χ0v) is 25.9. The Morgan fingerprint density at radius 1 is 0.976 bits per heavy atom. The molecule has 220 valence electrons. The second kappa shape index (κ2) is 13.9. The summed E-state index contributed by atoms with van der Waals surface area (Å²) in [5.41, 5.74) is 2.95. The van der Waals surface area contributed by atoms with Crippen molar-refractivity contribution >= 4 is 39.1 Å². The first kappa shape index (κ1) is 32.0. The van der Waals surface area contributed by atoms with Crippen LogP contribution >= 0.6 is 11.6 Å². The van der Waals surface area contributed by atoms with Gasteiger partial charge < -0.3 is 15.0 Å². The lowest BCUT2D eigenvalue weighted by Gasteiger charge is -2.33.